The number of likely N-dealkylation sites (tertiary alicyclic amines) is 1. The highest BCUT2D eigenvalue weighted by Gasteiger charge is 2.43. The number of hydrogen-bond acceptors (Lipinski definition) is 8. The second-order valence-corrected chi connectivity index (χ2v) is 10.4. The third kappa shape index (κ3) is 5.29. The lowest BCUT2D eigenvalue weighted by Gasteiger charge is -2.29. The number of nitrogens with one attached hydrogen (secondary N) is 1. The van der Waals surface area contributed by atoms with Crippen LogP contribution in [-0.2, 0) is 9.59 Å². The molecule has 1 saturated heterocycles. The maximum Gasteiger partial charge on any atom is 0.254 e. The van der Waals surface area contributed by atoms with Gasteiger partial charge in [-0.15, -0.1) is 11.3 Å². The van der Waals surface area contributed by atoms with Crippen LogP contribution in [0.25, 0.3) is 10.4 Å². The van der Waals surface area contributed by atoms with Gasteiger partial charge in [0.1, 0.15) is 12.0 Å². The third-order valence-electron chi connectivity index (χ3n) is 6.60. The first-order chi connectivity index (χ1) is 17.2. The molecule has 0 aliphatic carbocycles. The molecule has 0 spiro atoms. The highest BCUT2D eigenvalue weighted by Crippen LogP contribution is 2.33. The van der Waals surface area contributed by atoms with Crippen LogP contribution in [0.2, 0.25) is 0 Å². The molecule has 0 radical (unpaired) electrons. The van der Waals surface area contributed by atoms with Gasteiger partial charge >= 0.3 is 0 Å². The normalized spacial score (nSPS) is 19.4. The fraction of sp³-hybridized carbons (Fsp3) is 0.462. The second-order valence-electron chi connectivity index (χ2n) is 9.51. The standard InChI is InChI=1S/C26H32N4O5S/c1-14(2)23(21-11-22(34-5)29-35-21)26(33)30-12-19(31)10-20(30)25(32)28-15(3)17-6-8-18(9-7-17)24-16(4)27-13-36-24/h6-9,11,13-15,19-20,23,31H,10,12H2,1-5H3,(H,28,32)/t15?,19-,20+,23?/m1/s1. The molecule has 2 unspecified atom stereocenters. The minimum absolute atomic E-state index is 0.0860. The van der Waals surface area contributed by atoms with Crippen LogP contribution >= 0.6 is 11.3 Å². The van der Waals surface area contributed by atoms with E-state index < -0.39 is 18.1 Å². The van der Waals surface area contributed by atoms with Gasteiger partial charge in [0.05, 0.1) is 35.3 Å². The second kappa shape index (κ2) is 10.8. The molecule has 4 rings (SSSR count). The van der Waals surface area contributed by atoms with E-state index in [2.05, 4.69) is 15.5 Å². The molecule has 2 amide bonds. The SMILES string of the molecule is COc1cc(C(C(=O)N2C[C@H](O)C[C@H]2C(=O)NC(C)c2ccc(-c3scnc3C)cc2)C(C)C)on1. The molecule has 0 saturated carbocycles. The molecule has 1 aliphatic rings. The molecule has 2 N–H and O–H groups in total. The topological polar surface area (TPSA) is 118 Å². The van der Waals surface area contributed by atoms with Gasteiger partial charge in [0.2, 0.25) is 11.8 Å². The number of aromatic nitrogens is 2. The van der Waals surface area contributed by atoms with Crippen LogP contribution in [0, 0.1) is 12.8 Å². The molecule has 1 aliphatic heterocycles. The van der Waals surface area contributed by atoms with E-state index in [9.17, 15) is 14.7 Å². The number of methoxy groups -OCH3 is 1. The number of carbonyl (C=O) groups excluding carboxylic acids is 2. The minimum atomic E-state index is -0.779. The summed E-state index contributed by atoms with van der Waals surface area (Å²) in [5, 5.41) is 17.2. The summed E-state index contributed by atoms with van der Waals surface area (Å²) in [6, 6.07) is 8.54. The molecule has 9 nitrogen and oxygen atoms in total. The summed E-state index contributed by atoms with van der Waals surface area (Å²) in [5.74, 6) is -0.690. The zero-order valence-electron chi connectivity index (χ0n) is 21.1. The van der Waals surface area contributed by atoms with E-state index in [1.165, 1.54) is 12.0 Å². The Labute approximate surface area is 214 Å². The Balaban J connectivity index is 1.47. The molecule has 192 valence electrons. The van der Waals surface area contributed by atoms with E-state index in [1.807, 2.05) is 57.5 Å². The summed E-state index contributed by atoms with van der Waals surface area (Å²) < 4.78 is 10.4. The minimum Gasteiger partial charge on any atom is -0.479 e. The summed E-state index contributed by atoms with van der Waals surface area (Å²) in [7, 11) is 1.47. The quantitative estimate of drug-likeness (QED) is 0.473. The van der Waals surface area contributed by atoms with Crippen molar-refractivity contribution in [1.82, 2.24) is 20.4 Å². The van der Waals surface area contributed by atoms with E-state index in [4.69, 9.17) is 9.26 Å². The van der Waals surface area contributed by atoms with Gasteiger partial charge in [-0.3, -0.25) is 9.59 Å². The van der Waals surface area contributed by atoms with Crippen LogP contribution in [-0.4, -0.2) is 57.8 Å². The molecule has 3 aromatic rings. The van der Waals surface area contributed by atoms with E-state index in [0.717, 1.165) is 21.7 Å². The number of aliphatic hydroxyl groups is 1. The van der Waals surface area contributed by atoms with Crippen molar-refractivity contribution in [2.24, 2.45) is 5.92 Å². The predicted octanol–water partition coefficient (Wildman–Crippen LogP) is 3.69. The lowest BCUT2D eigenvalue weighted by molar-refractivity contribution is -0.141. The molecule has 10 heteroatoms. The molecule has 3 heterocycles. The summed E-state index contributed by atoms with van der Waals surface area (Å²) >= 11 is 1.59. The molecule has 36 heavy (non-hydrogen) atoms. The number of β-amino-alcohol motifs (C(OH)–C–C–N with tert-alkyl or cyclic N) is 1. The Morgan fingerprint density at radius 1 is 1.25 bits per heavy atom. The van der Waals surface area contributed by atoms with Crippen molar-refractivity contribution in [3.8, 4) is 16.3 Å². The lowest BCUT2D eigenvalue weighted by atomic mass is 9.91. The number of amides is 2. The van der Waals surface area contributed by atoms with E-state index in [1.54, 1.807) is 17.4 Å². The number of aryl methyl sites for hydroxylation is 1. The van der Waals surface area contributed by atoms with Gasteiger partial charge in [0.25, 0.3) is 5.88 Å². The van der Waals surface area contributed by atoms with Crippen molar-refractivity contribution in [3.63, 3.8) is 0 Å². The predicted molar refractivity (Wildman–Crippen MR) is 136 cm³/mol. The van der Waals surface area contributed by atoms with Crippen LogP contribution in [0.3, 0.4) is 0 Å². The van der Waals surface area contributed by atoms with E-state index >= 15 is 0 Å². The third-order valence-corrected chi connectivity index (χ3v) is 7.57. The Hall–Kier alpha value is -3.24. The highest BCUT2D eigenvalue weighted by molar-refractivity contribution is 7.13. The highest BCUT2D eigenvalue weighted by atomic mass is 32.1. The van der Waals surface area contributed by atoms with Gasteiger partial charge in [-0.25, -0.2) is 4.98 Å². The number of hydrogen-bond donors (Lipinski definition) is 2. The Morgan fingerprint density at radius 3 is 2.56 bits per heavy atom. The van der Waals surface area contributed by atoms with E-state index in [0.29, 0.717) is 5.76 Å². The zero-order chi connectivity index (χ0) is 26.0. The maximum atomic E-state index is 13.6. The fourth-order valence-electron chi connectivity index (χ4n) is 4.63. The van der Waals surface area contributed by atoms with Crippen molar-refractivity contribution < 1.29 is 24.0 Å². The molecule has 4 atom stereocenters. The van der Waals surface area contributed by atoms with Crippen LogP contribution in [0.5, 0.6) is 5.88 Å². The number of aliphatic hydroxyl groups excluding tert-OH is 1. The number of nitrogens with zero attached hydrogens (tertiary/aromatic N) is 3. The van der Waals surface area contributed by atoms with Crippen molar-refractivity contribution in [1.29, 1.82) is 0 Å². The maximum absolute atomic E-state index is 13.6. The Morgan fingerprint density at radius 2 is 1.97 bits per heavy atom. The molecule has 0 bridgehead atoms. The van der Waals surface area contributed by atoms with Gasteiger partial charge in [0, 0.05) is 19.0 Å². The average Bonchev–Trinajstić information content (AvgIpc) is 3.58. The molecule has 1 fully saturated rings. The number of carbonyl (C=O) groups is 2. The van der Waals surface area contributed by atoms with Crippen LogP contribution in [0.1, 0.15) is 56.2 Å². The molecular formula is C26H32N4O5S. The van der Waals surface area contributed by atoms with Gasteiger partial charge in [-0.1, -0.05) is 38.1 Å². The first-order valence-electron chi connectivity index (χ1n) is 12.0. The van der Waals surface area contributed by atoms with Gasteiger partial charge in [0.15, 0.2) is 5.76 Å². The molecular weight excluding hydrogens is 480 g/mol. The van der Waals surface area contributed by atoms with Crippen molar-refractivity contribution in [2.75, 3.05) is 13.7 Å². The van der Waals surface area contributed by atoms with Crippen LogP contribution in [0.15, 0.2) is 40.4 Å². The van der Waals surface area contributed by atoms with Gasteiger partial charge in [-0.2, -0.15) is 0 Å². The van der Waals surface area contributed by atoms with Gasteiger partial charge in [-0.05, 0) is 36.0 Å². The summed E-state index contributed by atoms with van der Waals surface area (Å²) in [6.45, 7) is 7.77. The summed E-state index contributed by atoms with van der Waals surface area (Å²) in [4.78, 5) is 33.8. The van der Waals surface area contributed by atoms with Gasteiger partial charge < -0.3 is 24.6 Å². The van der Waals surface area contributed by atoms with E-state index in [-0.39, 0.29) is 42.6 Å². The largest absolute Gasteiger partial charge is 0.479 e. The summed E-state index contributed by atoms with van der Waals surface area (Å²) in [5.41, 5.74) is 4.84. The number of ether oxygens (including phenoxy) is 1. The Bertz CT molecular complexity index is 1210. The fourth-order valence-corrected chi connectivity index (χ4v) is 5.44. The molecule has 2 aromatic heterocycles. The lowest BCUT2D eigenvalue weighted by Crippen LogP contribution is -2.48. The number of benzene rings is 1. The number of rotatable bonds is 8. The smallest absolute Gasteiger partial charge is 0.254 e. The summed E-state index contributed by atoms with van der Waals surface area (Å²) in [6.07, 6.45) is -0.600. The number of thiazole rings is 1. The van der Waals surface area contributed by atoms with Crippen LogP contribution in [0.4, 0.5) is 0 Å². The first-order valence-corrected chi connectivity index (χ1v) is 12.9. The van der Waals surface area contributed by atoms with Crippen molar-refractivity contribution >= 4 is 23.2 Å². The Kier molecular flexibility index (Phi) is 7.75. The van der Waals surface area contributed by atoms with Crippen molar-refractivity contribution in [2.45, 2.75) is 58.2 Å². The first kappa shape index (κ1) is 25.8. The monoisotopic (exact) mass is 512 g/mol. The van der Waals surface area contributed by atoms with Crippen LogP contribution < -0.4 is 10.1 Å². The molecule has 1 aromatic carbocycles. The van der Waals surface area contributed by atoms with Crippen molar-refractivity contribution in [3.05, 3.63) is 52.9 Å². The zero-order valence-corrected chi connectivity index (χ0v) is 21.9. The average molecular weight is 513 g/mol.